The van der Waals surface area contributed by atoms with Crippen LogP contribution in [0, 0.1) is 0 Å². The van der Waals surface area contributed by atoms with Gasteiger partial charge >= 0.3 is 0 Å². The highest BCUT2D eigenvalue weighted by atomic mass is 16.5. The Morgan fingerprint density at radius 1 is 1.26 bits per heavy atom. The number of fused-ring (bicyclic) bond motifs is 1. The van der Waals surface area contributed by atoms with Gasteiger partial charge in [-0.3, -0.25) is 4.79 Å². The third-order valence-corrected chi connectivity index (χ3v) is 6.45. The van der Waals surface area contributed by atoms with E-state index >= 15 is 0 Å². The number of benzene rings is 1. The molecule has 31 heavy (non-hydrogen) atoms. The Labute approximate surface area is 184 Å². The van der Waals surface area contributed by atoms with Gasteiger partial charge in [-0.2, -0.15) is 0 Å². The minimum absolute atomic E-state index is 0.189. The molecule has 2 aliphatic rings. The molecule has 2 aromatic rings. The molecule has 1 saturated heterocycles. The van der Waals surface area contributed by atoms with E-state index in [2.05, 4.69) is 17.3 Å². The third-order valence-electron chi connectivity index (χ3n) is 6.45. The summed E-state index contributed by atoms with van der Waals surface area (Å²) in [5.41, 5.74) is 3.44. The Bertz CT molecular complexity index is 932. The highest BCUT2D eigenvalue weighted by molar-refractivity contribution is 5.76. The lowest BCUT2D eigenvalue weighted by atomic mass is 9.95. The molecule has 1 N–H and O–H groups in total. The molecule has 2 aliphatic heterocycles. The van der Waals surface area contributed by atoms with E-state index in [0.717, 1.165) is 67.5 Å². The predicted octanol–water partition coefficient (Wildman–Crippen LogP) is 2.85. The maximum Gasteiger partial charge on any atom is 0.222 e. The minimum Gasteiger partial charge on any atom is -0.496 e. The van der Waals surface area contributed by atoms with Gasteiger partial charge < -0.3 is 19.9 Å². The number of rotatable bonds is 6. The first-order valence-electron chi connectivity index (χ1n) is 11.2. The summed E-state index contributed by atoms with van der Waals surface area (Å²) in [6, 6.07) is 7.92. The third kappa shape index (κ3) is 4.82. The number of anilines is 1. The lowest BCUT2D eigenvalue weighted by molar-refractivity contribution is -0.132. The van der Waals surface area contributed by atoms with Crippen LogP contribution in [0.25, 0.3) is 0 Å². The van der Waals surface area contributed by atoms with Crippen LogP contribution in [0.15, 0.2) is 24.3 Å². The Kier molecular flexibility index (Phi) is 6.70. The van der Waals surface area contributed by atoms with Gasteiger partial charge in [-0.1, -0.05) is 18.2 Å². The topological polar surface area (TPSA) is 70.6 Å². The van der Waals surface area contributed by atoms with Gasteiger partial charge in [0.2, 0.25) is 5.91 Å². The van der Waals surface area contributed by atoms with Crippen LogP contribution in [-0.4, -0.2) is 66.5 Å². The van der Waals surface area contributed by atoms with Crippen LogP contribution in [0.2, 0.25) is 0 Å². The molecule has 7 heteroatoms. The quantitative estimate of drug-likeness (QED) is 0.771. The van der Waals surface area contributed by atoms with Crippen molar-refractivity contribution in [3.8, 4) is 5.75 Å². The molecule has 1 aromatic heterocycles. The minimum atomic E-state index is 0.189. The van der Waals surface area contributed by atoms with Crippen molar-refractivity contribution in [2.24, 2.45) is 0 Å². The summed E-state index contributed by atoms with van der Waals surface area (Å²) in [5.74, 6) is 3.06. The van der Waals surface area contributed by atoms with Crippen molar-refractivity contribution in [3.63, 3.8) is 0 Å². The van der Waals surface area contributed by atoms with Crippen molar-refractivity contribution < 1.29 is 9.53 Å². The smallest absolute Gasteiger partial charge is 0.222 e. The summed E-state index contributed by atoms with van der Waals surface area (Å²) in [6.07, 6.45) is 4.16. The van der Waals surface area contributed by atoms with Crippen LogP contribution in [0.1, 0.15) is 47.8 Å². The first kappa shape index (κ1) is 21.6. The summed E-state index contributed by atoms with van der Waals surface area (Å²) in [6.45, 7) is 3.40. The average molecular weight is 424 g/mol. The number of aromatic nitrogens is 2. The Hall–Kier alpha value is -2.67. The molecule has 166 valence electrons. The number of amides is 1. The van der Waals surface area contributed by atoms with E-state index in [-0.39, 0.29) is 11.8 Å². The zero-order chi connectivity index (χ0) is 21.8. The molecule has 1 fully saturated rings. The first-order valence-corrected chi connectivity index (χ1v) is 11.2. The zero-order valence-corrected chi connectivity index (χ0v) is 18.9. The van der Waals surface area contributed by atoms with E-state index < -0.39 is 0 Å². The van der Waals surface area contributed by atoms with E-state index in [1.54, 1.807) is 7.11 Å². The van der Waals surface area contributed by atoms with E-state index in [9.17, 15) is 4.79 Å². The van der Waals surface area contributed by atoms with Gasteiger partial charge in [0, 0.05) is 51.1 Å². The molecule has 4 rings (SSSR count). The summed E-state index contributed by atoms with van der Waals surface area (Å²) < 4.78 is 5.42. The number of likely N-dealkylation sites (N-methyl/N-ethyl adjacent to an activating group) is 1. The summed E-state index contributed by atoms with van der Waals surface area (Å²) in [5, 5.41) is 3.27. The number of piperidine rings is 1. The Morgan fingerprint density at radius 3 is 2.90 bits per heavy atom. The van der Waals surface area contributed by atoms with Crippen LogP contribution < -0.4 is 10.1 Å². The predicted molar refractivity (Wildman–Crippen MR) is 121 cm³/mol. The maximum absolute atomic E-state index is 13.0. The number of aryl methyl sites for hydroxylation is 1. The van der Waals surface area contributed by atoms with Crippen LogP contribution in [0.5, 0.6) is 5.75 Å². The highest BCUT2D eigenvalue weighted by Gasteiger charge is 2.29. The fourth-order valence-corrected chi connectivity index (χ4v) is 4.69. The second-order valence-corrected chi connectivity index (χ2v) is 8.58. The summed E-state index contributed by atoms with van der Waals surface area (Å²) in [4.78, 5) is 27.1. The van der Waals surface area contributed by atoms with Crippen LogP contribution >= 0.6 is 0 Å². The molecule has 3 heterocycles. The fourth-order valence-electron chi connectivity index (χ4n) is 4.69. The SMILES string of the molecule is CNc1nc(C2CCCN(C(=O)CCc3ccccc3OC)C2)nc2c1CCN(C)C2. The van der Waals surface area contributed by atoms with E-state index in [0.29, 0.717) is 19.4 Å². The molecule has 0 saturated carbocycles. The number of hydrogen-bond donors (Lipinski definition) is 1. The number of ether oxygens (including phenoxy) is 1. The van der Waals surface area contributed by atoms with Gasteiger partial charge in [0.15, 0.2) is 0 Å². The molecule has 0 radical (unpaired) electrons. The number of hydrogen-bond acceptors (Lipinski definition) is 6. The molecule has 0 aliphatic carbocycles. The van der Waals surface area contributed by atoms with Gasteiger partial charge in [-0.15, -0.1) is 0 Å². The van der Waals surface area contributed by atoms with Crippen LogP contribution in [-0.2, 0) is 24.2 Å². The van der Waals surface area contributed by atoms with Crippen molar-refractivity contribution in [1.29, 1.82) is 0 Å². The lowest BCUT2D eigenvalue weighted by Gasteiger charge is -2.33. The molecule has 0 spiro atoms. The van der Waals surface area contributed by atoms with Crippen molar-refractivity contribution in [2.75, 3.05) is 46.2 Å². The first-order chi connectivity index (χ1) is 15.1. The normalized spacial score (nSPS) is 19.1. The van der Waals surface area contributed by atoms with Gasteiger partial charge in [0.25, 0.3) is 0 Å². The van der Waals surface area contributed by atoms with Gasteiger partial charge in [0.05, 0.1) is 12.8 Å². The lowest BCUT2D eigenvalue weighted by Crippen LogP contribution is -2.40. The van der Waals surface area contributed by atoms with Crippen LogP contribution in [0.3, 0.4) is 0 Å². The molecule has 1 aromatic carbocycles. The number of nitrogens with one attached hydrogen (secondary N) is 1. The maximum atomic E-state index is 13.0. The second kappa shape index (κ2) is 9.64. The fraction of sp³-hybridized carbons (Fsp3) is 0.542. The number of carbonyl (C=O) groups is 1. The number of para-hydroxylation sites is 1. The van der Waals surface area contributed by atoms with E-state index in [1.165, 1.54) is 5.56 Å². The summed E-state index contributed by atoms with van der Waals surface area (Å²) >= 11 is 0. The molecule has 1 atom stereocenters. The van der Waals surface area contributed by atoms with Gasteiger partial charge in [-0.25, -0.2) is 9.97 Å². The Balaban J connectivity index is 1.45. The Morgan fingerprint density at radius 2 is 2.10 bits per heavy atom. The molecular weight excluding hydrogens is 390 g/mol. The molecule has 7 nitrogen and oxygen atoms in total. The molecular formula is C24H33N5O2. The standard InChI is InChI=1S/C24H33N5O2/c1-25-24-19-12-14-28(2)16-20(19)26-23(27-24)18-8-6-13-29(15-18)22(30)11-10-17-7-4-5-9-21(17)31-3/h4-5,7,9,18H,6,8,10-16H2,1-3H3,(H,25,26,27). The van der Waals surface area contributed by atoms with Crippen molar-refractivity contribution in [3.05, 3.63) is 46.9 Å². The second-order valence-electron chi connectivity index (χ2n) is 8.58. The van der Waals surface area contributed by atoms with Gasteiger partial charge in [-0.05, 0) is 44.4 Å². The zero-order valence-electron chi connectivity index (χ0n) is 18.9. The molecule has 1 unspecified atom stereocenters. The van der Waals surface area contributed by atoms with Crippen molar-refractivity contribution in [1.82, 2.24) is 19.8 Å². The molecule has 1 amide bonds. The summed E-state index contributed by atoms with van der Waals surface area (Å²) in [7, 11) is 5.73. The highest BCUT2D eigenvalue weighted by Crippen LogP contribution is 2.30. The van der Waals surface area contributed by atoms with E-state index in [1.807, 2.05) is 36.2 Å². The number of likely N-dealkylation sites (tertiary alicyclic amines) is 1. The number of methoxy groups -OCH3 is 1. The molecule has 0 bridgehead atoms. The van der Waals surface area contributed by atoms with Crippen molar-refractivity contribution >= 4 is 11.7 Å². The largest absolute Gasteiger partial charge is 0.496 e. The van der Waals surface area contributed by atoms with Crippen molar-refractivity contribution in [2.45, 2.75) is 44.6 Å². The van der Waals surface area contributed by atoms with E-state index in [4.69, 9.17) is 14.7 Å². The van der Waals surface area contributed by atoms with Gasteiger partial charge in [0.1, 0.15) is 17.4 Å². The van der Waals surface area contributed by atoms with Crippen LogP contribution in [0.4, 0.5) is 5.82 Å². The number of nitrogens with zero attached hydrogens (tertiary/aromatic N) is 4. The average Bonchev–Trinajstić information content (AvgIpc) is 2.81. The monoisotopic (exact) mass is 423 g/mol. The number of carbonyl (C=O) groups excluding carboxylic acids is 1.